The first-order chi connectivity index (χ1) is 5.27. The van der Waals surface area contributed by atoms with Crippen LogP contribution in [-0.4, -0.2) is 24.1 Å². The van der Waals surface area contributed by atoms with E-state index >= 15 is 0 Å². The van der Waals surface area contributed by atoms with Gasteiger partial charge in [-0.2, -0.15) is 8.42 Å². The minimum atomic E-state index is -4.67. The average molecular weight is 199 g/mol. The summed E-state index contributed by atoms with van der Waals surface area (Å²) < 4.78 is 31.6. The molecule has 0 saturated carbocycles. The van der Waals surface area contributed by atoms with Crippen LogP contribution in [0.4, 0.5) is 0 Å². The molecule has 4 N–H and O–H groups in total. The van der Waals surface area contributed by atoms with Crippen LogP contribution in [0.2, 0.25) is 0 Å². The molecule has 0 aliphatic rings. The van der Waals surface area contributed by atoms with Gasteiger partial charge in [0.05, 0.1) is 0 Å². The van der Waals surface area contributed by atoms with E-state index in [1.807, 2.05) is 0 Å². The molecule has 0 aliphatic carbocycles. The van der Waals surface area contributed by atoms with Crippen LogP contribution in [0.1, 0.15) is 26.7 Å². The van der Waals surface area contributed by atoms with E-state index in [0.717, 1.165) is 12.5 Å². The van der Waals surface area contributed by atoms with E-state index in [2.05, 4.69) is 13.8 Å². The second-order valence-corrected chi connectivity index (χ2v) is 3.67. The van der Waals surface area contributed by atoms with Crippen LogP contribution in [0.5, 0.6) is 0 Å². The summed E-state index contributed by atoms with van der Waals surface area (Å²) in [7, 11) is -4.67. The van der Waals surface area contributed by atoms with Gasteiger partial charge in [0.2, 0.25) is 0 Å². The molecule has 0 saturated heterocycles. The quantitative estimate of drug-likeness (QED) is 0.582. The van der Waals surface area contributed by atoms with Crippen molar-refractivity contribution >= 4 is 10.4 Å². The summed E-state index contributed by atoms with van der Waals surface area (Å²) in [5.41, 5.74) is 5.28. The number of nitrogens with two attached hydrogens (primary N) is 1. The summed E-state index contributed by atoms with van der Waals surface area (Å²) >= 11 is 0. The van der Waals surface area contributed by atoms with Crippen LogP contribution in [0.15, 0.2) is 0 Å². The van der Waals surface area contributed by atoms with Gasteiger partial charge in [-0.1, -0.05) is 13.8 Å². The molecule has 6 heteroatoms. The topological polar surface area (TPSA) is 101 Å². The zero-order chi connectivity index (χ0) is 10.2. The van der Waals surface area contributed by atoms with Gasteiger partial charge in [-0.15, -0.1) is 0 Å². The Labute approximate surface area is 73.5 Å². The Hall–Kier alpha value is -0.170. The molecule has 5 nitrogen and oxygen atoms in total. The average Bonchev–Trinajstić information content (AvgIpc) is 1.79. The van der Waals surface area contributed by atoms with E-state index in [9.17, 15) is 0 Å². The van der Waals surface area contributed by atoms with Crippen molar-refractivity contribution in [1.29, 1.82) is 0 Å². The van der Waals surface area contributed by atoms with E-state index in [1.165, 1.54) is 12.8 Å². The zero-order valence-electron chi connectivity index (χ0n) is 7.40. The third kappa shape index (κ3) is 52.2. The highest BCUT2D eigenvalue weighted by atomic mass is 32.3. The maximum Gasteiger partial charge on any atom is 0.394 e. The Morgan fingerprint density at radius 3 is 1.75 bits per heavy atom. The fourth-order valence-corrected chi connectivity index (χ4v) is 0.526. The summed E-state index contributed by atoms with van der Waals surface area (Å²) in [4.78, 5) is 0. The first-order valence-electron chi connectivity index (χ1n) is 3.67. The highest BCUT2D eigenvalue weighted by Crippen LogP contribution is 2.00. The Morgan fingerprint density at radius 1 is 1.33 bits per heavy atom. The summed E-state index contributed by atoms with van der Waals surface area (Å²) in [5, 5.41) is 0. The maximum atomic E-state index is 8.74. The highest BCUT2D eigenvalue weighted by molar-refractivity contribution is 7.79. The van der Waals surface area contributed by atoms with Crippen molar-refractivity contribution in [3.8, 4) is 0 Å². The van der Waals surface area contributed by atoms with Crippen LogP contribution in [0.25, 0.3) is 0 Å². The molecule has 0 unspecified atom stereocenters. The first kappa shape index (κ1) is 14.4. The lowest BCUT2D eigenvalue weighted by Gasteiger charge is -1.98. The van der Waals surface area contributed by atoms with Gasteiger partial charge < -0.3 is 5.73 Å². The lowest BCUT2D eigenvalue weighted by Crippen LogP contribution is -1.99. The number of rotatable bonds is 3. The molecule has 0 heterocycles. The predicted molar refractivity (Wildman–Crippen MR) is 47.3 cm³/mol. The van der Waals surface area contributed by atoms with Crippen molar-refractivity contribution in [2.24, 2.45) is 11.7 Å². The van der Waals surface area contributed by atoms with Gasteiger partial charge in [0.15, 0.2) is 0 Å². The summed E-state index contributed by atoms with van der Waals surface area (Å²) in [5.74, 6) is 0.823. The van der Waals surface area contributed by atoms with Crippen molar-refractivity contribution < 1.29 is 17.5 Å². The van der Waals surface area contributed by atoms with Crippen LogP contribution >= 0.6 is 0 Å². The van der Waals surface area contributed by atoms with Gasteiger partial charge in [0.25, 0.3) is 0 Å². The molecular formula is C6H17NO4S. The number of hydrogen-bond acceptors (Lipinski definition) is 3. The summed E-state index contributed by atoms with van der Waals surface area (Å²) in [6.45, 7) is 5.28. The molecule has 0 atom stereocenters. The zero-order valence-corrected chi connectivity index (χ0v) is 8.21. The minimum absolute atomic E-state index is 0.823. The molecule has 0 radical (unpaired) electrons. The van der Waals surface area contributed by atoms with Gasteiger partial charge in [0, 0.05) is 0 Å². The van der Waals surface area contributed by atoms with Gasteiger partial charge in [0.1, 0.15) is 0 Å². The van der Waals surface area contributed by atoms with Crippen LogP contribution in [-0.2, 0) is 10.4 Å². The smallest absolute Gasteiger partial charge is 0.330 e. The van der Waals surface area contributed by atoms with Crippen molar-refractivity contribution in [3.63, 3.8) is 0 Å². The van der Waals surface area contributed by atoms with Crippen LogP contribution in [0.3, 0.4) is 0 Å². The molecule has 0 aromatic rings. The largest absolute Gasteiger partial charge is 0.394 e. The number of hydrogen-bond donors (Lipinski definition) is 3. The van der Waals surface area contributed by atoms with E-state index < -0.39 is 10.4 Å². The van der Waals surface area contributed by atoms with Crippen LogP contribution < -0.4 is 5.73 Å². The molecule has 12 heavy (non-hydrogen) atoms. The SMILES string of the molecule is CC(C)CCCN.O=S(=O)(O)O. The van der Waals surface area contributed by atoms with Gasteiger partial charge in [-0.3, -0.25) is 9.11 Å². The first-order valence-corrected chi connectivity index (χ1v) is 5.07. The standard InChI is InChI=1S/C6H15N.H2O4S/c1-6(2)4-3-5-7;1-5(2,3)4/h6H,3-5,7H2,1-2H3;(H2,1,2,3,4). The van der Waals surface area contributed by atoms with Crippen molar-refractivity contribution in [2.75, 3.05) is 6.54 Å². The van der Waals surface area contributed by atoms with Crippen molar-refractivity contribution in [3.05, 3.63) is 0 Å². The Balaban J connectivity index is 0. The lowest BCUT2D eigenvalue weighted by molar-refractivity contribution is 0.381. The summed E-state index contributed by atoms with van der Waals surface area (Å²) in [6.07, 6.45) is 2.45. The Morgan fingerprint density at radius 2 is 1.67 bits per heavy atom. The fourth-order valence-electron chi connectivity index (χ4n) is 0.526. The van der Waals surface area contributed by atoms with Gasteiger partial charge >= 0.3 is 10.4 Å². The molecule has 0 fully saturated rings. The monoisotopic (exact) mass is 199 g/mol. The van der Waals surface area contributed by atoms with E-state index in [0.29, 0.717) is 0 Å². The molecule has 0 bridgehead atoms. The predicted octanol–water partition coefficient (Wildman–Crippen LogP) is 0.729. The molecule has 0 aromatic heterocycles. The molecule has 76 valence electrons. The molecule has 0 spiro atoms. The van der Waals surface area contributed by atoms with E-state index in [1.54, 1.807) is 0 Å². The molecule has 0 aliphatic heterocycles. The Kier molecular flexibility index (Phi) is 8.95. The second kappa shape index (κ2) is 7.48. The minimum Gasteiger partial charge on any atom is -0.330 e. The normalized spacial score (nSPS) is 10.8. The Bertz CT molecular complexity index is 168. The summed E-state index contributed by atoms with van der Waals surface area (Å²) in [6, 6.07) is 0. The highest BCUT2D eigenvalue weighted by Gasteiger charge is 1.88. The van der Waals surface area contributed by atoms with Crippen molar-refractivity contribution in [1.82, 2.24) is 0 Å². The molecular weight excluding hydrogens is 182 g/mol. The van der Waals surface area contributed by atoms with Crippen molar-refractivity contribution in [2.45, 2.75) is 26.7 Å². The lowest BCUT2D eigenvalue weighted by atomic mass is 10.1. The second-order valence-electron chi connectivity index (χ2n) is 2.77. The van der Waals surface area contributed by atoms with E-state index in [-0.39, 0.29) is 0 Å². The van der Waals surface area contributed by atoms with Gasteiger partial charge in [-0.05, 0) is 25.3 Å². The fraction of sp³-hybridized carbons (Fsp3) is 1.00. The maximum absolute atomic E-state index is 8.74. The molecule has 0 rings (SSSR count). The third-order valence-corrected chi connectivity index (χ3v) is 0.986. The molecule has 0 amide bonds. The molecule has 0 aromatic carbocycles. The van der Waals surface area contributed by atoms with E-state index in [4.69, 9.17) is 23.3 Å². The van der Waals surface area contributed by atoms with Crippen LogP contribution in [0, 0.1) is 5.92 Å². The van der Waals surface area contributed by atoms with Gasteiger partial charge in [-0.25, -0.2) is 0 Å². The third-order valence-electron chi connectivity index (χ3n) is 0.986.